The molecule has 6 nitrogen and oxygen atoms in total. The van der Waals surface area contributed by atoms with Gasteiger partial charge in [-0.25, -0.2) is 0 Å². The van der Waals surface area contributed by atoms with Crippen molar-refractivity contribution in [2.24, 2.45) is 0 Å². The minimum Gasteiger partial charge on any atom is -0.693 e. The van der Waals surface area contributed by atoms with Crippen LogP contribution in [-0.4, -0.2) is 0 Å². The summed E-state index contributed by atoms with van der Waals surface area (Å²) < 4.78 is 37.5. The Kier molecular flexibility index (Phi) is 11400. The summed E-state index contributed by atoms with van der Waals surface area (Å²) in [6.07, 6.45) is 0. The van der Waals surface area contributed by atoms with Crippen molar-refractivity contribution in [2.75, 3.05) is 0 Å². The summed E-state index contributed by atoms with van der Waals surface area (Å²) in [4.78, 5) is 0. The molecule has 0 atom stereocenters. The standard InChI is InChI=1S/5CO.H2N.W/c5*1-2;;/h;;;;;1H2;/q;;;;;-1;. The molecule has 0 heterocycles. The topological polar surface area (TPSA) is 133 Å². The first-order chi connectivity index (χ1) is 5.00. The van der Waals surface area contributed by atoms with Crippen molar-refractivity contribution >= 4 is 0 Å². The van der Waals surface area contributed by atoms with Crippen LogP contribution in [0.3, 0.4) is 0 Å². The average molecular weight is 340 g/mol. The van der Waals surface area contributed by atoms with Gasteiger partial charge >= 0.3 is 56.5 Å². The van der Waals surface area contributed by atoms with Gasteiger partial charge in [0.15, 0.2) is 0 Å². The van der Waals surface area contributed by atoms with Crippen LogP contribution in [0.2, 0.25) is 0 Å². The van der Waals surface area contributed by atoms with E-state index in [2.05, 4.69) is 33.3 Å². The van der Waals surface area contributed by atoms with Crippen LogP contribution < -0.4 is 0 Å². The second-order valence-electron chi connectivity index (χ2n) is 0. The van der Waals surface area contributed by atoms with E-state index >= 15 is 0 Å². The van der Waals surface area contributed by atoms with Gasteiger partial charge in [-0.1, -0.05) is 0 Å². The van der Waals surface area contributed by atoms with Gasteiger partial charge in [0, 0.05) is 21.1 Å². The van der Waals surface area contributed by atoms with Gasteiger partial charge in [0.1, 0.15) is 0 Å². The molecule has 0 bridgehead atoms. The predicted octanol–water partition coefficient (Wildman–Crippen LogP) is 0.527. The predicted molar refractivity (Wildman–Crippen MR) is 24.9 cm³/mol. The van der Waals surface area contributed by atoms with E-state index in [1.807, 2.05) is 0 Å². The van der Waals surface area contributed by atoms with Gasteiger partial charge in [0.25, 0.3) is 0 Å². The molecule has 0 unspecified atom stereocenters. The molecule has 0 amide bonds. The Balaban J connectivity index is -0.00000000500. The van der Waals surface area contributed by atoms with E-state index in [0.29, 0.717) is 0 Å². The normalized spacial score (nSPS) is 0.833. The summed E-state index contributed by atoms with van der Waals surface area (Å²) in [5.74, 6) is 0. The largest absolute Gasteiger partial charge is 0.693 e. The first-order valence-corrected chi connectivity index (χ1v) is 1.02. The minimum absolute atomic E-state index is 0. The van der Waals surface area contributed by atoms with E-state index in [-0.39, 0.29) is 27.2 Å². The molecule has 64 valence electrons. The van der Waals surface area contributed by atoms with Gasteiger partial charge in [-0.3, -0.25) is 0 Å². The number of hydrogen-bond donors (Lipinski definition) is 0. The first kappa shape index (κ1) is 64.3. The quantitative estimate of drug-likeness (QED) is 0.449. The van der Waals surface area contributed by atoms with Crippen LogP contribution in [0.25, 0.3) is 6.15 Å². The van der Waals surface area contributed by atoms with E-state index in [9.17, 15) is 0 Å². The van der Waals surface area contributed by atoms with Crippen molar-refractivity contribution in [2.45, 2.75) is 0 Å². The number of rotatable bonds is 0. The minimum atomic E-state index is 0. The molecule has 0 aliphatic heterocycles. The molecule has 0 aromatic heterocycles. The maximum absolute atomic E-state index is 7.50. The van der Waals surface area contributed by atoms with Gasteiger partial charge in [0.05, 0.1) is 0 Å². The third kappa shape index (κ3) is 1530. The average Bonchev–Trinajstić information content (AvgIpc) is 2.20. The fraction of sp³-hybridized carbons (Fsp3) is 0. The summed E-state index contributed by atoms with van der Waals surface area (Å²) in [6, 6.07) is 0. The van der Waals surface area contributed by atoms with Crippen molar-refractivity contribution in [3.63, 3.8) is 0 Å². The molecule has 0 spiro atoms. The fourth-order valence-electron chi connectivity index (χ4n) is 0. The third-order valence-electron chi connectivity index (χ3n) is 0. The first-order valence-electron chi connectivity index (χ1n) is 1.02. The molecule has 0 aromatic rings. The summed E-state index contributed by atoms with van der Waals surface area (Å²) in [5, 5.41) is 0. The molecule has 0 aromatic carbocycles. The third-order valence-corrected chi connectivity index (χ3v) is 0. The van der Waals surface area contributed by atoms with Crippen LogP contribution >= 0.6 is 0 Å². The van der Waals surface area contributed by atoms with Crippen LogP contribution in [0.15, 0.2) is 0 Å². The molecule has 2 N–H and O–H groups in total. The second-order valence-corrected chi connectivity index (χ2v) is 0. The van der Waals surface area contributed by atoms with Crippen LogP contribution in [0.5, 0.6) is 0 Å². The van der Waals surface area contributed by atoms with Gasteiger partial charge in [-0.15, -0.1) is 0 Å². The van der Waals surface area contributed by atoms with Crippen molar-refractivity contribution in [3.8, 4) is 0 Å². The van der Waals surface area contributed by atoms with E-state index in [1.54, 1.807) is 0 Å². The van der Waals surface area contributed by atoms with E-state index in [0.717, 1.165) is 0 Å². The zero-order valence-corrected chi connectivity index (χ0v) is 8.46. The molecule has 0 fully saturated rings. The maximum atomic E-state index is 7.50. The smallest absolute Gasteiger partial charge is 0 e. The second kappa shape index (κ2) is 2130. The van der Waals surface area contributed by atoms with E-state index < -0.39 is 0 Å². The summed E-state index contributed by atoms with van der Waals surface area (Å²) >= 11 is 0. The summed E-state index contributed by atoms with van der Waals surface area (Å²) in [6.45, 7) is 22.5. The van der Waals surface area contributed by atoms with Crippen molar-refractivity contribution in [1.82, 2.24) is 0 Å². The van der Waals surface area contributed by atoms with Gasteiger partial charge < -0.3 is 6.15 Å². The Morgan fingerprint density at radius 2 is 0.417 bits per heavy atom. The molecule has 0 rings (SSSR count). The van der Waals surface area contributed by atoms with Crippen molar-refractivity contribution < 1.29 is 44.3 Å². The van der Waals surface area contributed by atoms with Crippen molar-refractivity contribution in [1.29, 1.82) is 0 Å². The zero-order valence-electron chi connectivity index (χ0n) is 5.53. The molecular formula is C5H2NO5W-. The van der Waals surface area contributed by atoms with E-state index in [4.69, 9.17) is 23.3 Å². The van der Waals surface area contributed by atoms with Gasteiger partial charge in [-0.05, 0) is 0 Å². The molecule has 0 aliphatic carbocycles. The van der Waals surface area contributed by atoms with Gasteiger partial charge in [-0.2, -0.15) is 0 Å². The summed E-state index contributed by atoms with van der Waals surface area (Å²) in [5.41, 5.74) is 0. The number of hydrogen-bond acceptors (Lipinski definition) is 0. The van der Waals surface area contributed by atoms with Gasteiger partial charge in [0.2, 0.25) is 0 Å². The maximum Gasteiger partial charge on any atom is 0 e. The fourth-order valence-corrected chi connectivity index (χ4v) is 0. The van der Waals surface area contributed by atoms with Crippen LogP contribution in [0, 0.1) is 33.3 Å². The molecule has 7 heteroatoms. The zero-order chi connectivity index (χ0) is 10.0. The molecule has 0 saturated heterocycles. The SMILES string of the molecule is [C-]#[O+].[C-]#[O+].[C-]#[O+].[C-]#[O+].[C-]#[O+].[NH2-].[W]. The Morgan fingerprint density at radius 3 is 0.417 bits per heavy atom. The molecule has 12 heavy (non-hydrogen) atoms. The molecule has 0 saturated carbocycles. The number of nitrogens with two attached hydrogens (primary N) is 1. The monoisotopic (exact) mass is 340 g/mol. The Morgan fingerprint density at radius 1 is 0.417 bits per heavy atom. The molecule has 0 aliphatic rings. The van der Waals surface area contributed by atoms with Crippen LogP contribution in [-0.2, 0) is 44.3 Å². The van der Waals surface area contributed by atoms with E-state index in [1.165, 1.54) is 0 Å². The van der Waals surface area contributed by atoms with Crippen LogP contribution in [0.4, 0.5) is 0 Å². The molecule has 0 radical (unpaired) electrons. The Bertz CT molecular complexity index is 78.4. The Labute approximate surface area is 84.1 Å². The summed E-state index contributed by atoms with van der Waals surface area (Å²) in [7, 11) is 0. The Hall–Kier alpha value is -0.652. The van der Waals surface area contributed by atoms with Crippen LogP contribution in [0.1, 0.15) is 0 Å². The molecular weight excluding hydrogens is 338 g/mol. The van der Waals surface area contributed by atoms with Crippen molar-refractivity contribution in [3.05, 3.63) is 39.4 Å².